The molecule has 0 bridgehead atoms. The Kier molecular flexibility index (Phi) is 3.43. The lowest BCUT2D eigenvalue weighted by atomic mass is 10.1. The molecule has 7 heteroatoms. The smallest absolute Gasteiger partial charge is 0.339 e. The summed E-state index contributed by atoms with van der Waals surface area (Å²) in [4.78, 5) is 26.8. The lowest BCUT2D eigenvalue weighted by molar-refractivity contribution is 0.0693. The average Bonchev–Trinajstić information content (AvgIpc) is 2.70. The van der Waals surface area contributed by atoms with Gasteiger partial charge in [-0.15, -0.1) is 0 Å². The van der Waals surface area contributed by atoms with Crippen molar-refractivity contribution >= 4 is 17.6 Å². The number of benzene rings is 1. The van der Waals surface area contributed by atoms with Crippen molar-refractivity contribution in [3.05, 3.63) is 41.1 Å². The molecule has 0 saturated carbocycles. The molecule has 1 aromatic carbocycles. The molecule has 0 atom stereocenters. The Bertz CT molecular complexity index is 690. The molecule has 0 aliphatic rings. The zero-order chi connectivity index (χ0) is 14.9. The highest BCUT2D eigenvalue weighted by Crippen LogP contribution is 2.28. The van der Waals surface area contributed by atoms with Crippen molar-refractivity contribution in [1.82, 2.24) is 4.98 Å². The minimum Gasteiger partial charge on any atom is -0.505 e. The number of carbonyl (C=O) groups excluding carboxylic acids is 1. The highest BCUT2D eigenvalue weighted by molar-refractivity contribution is 6.05. The Balaban J connectivity index is 2.31. The van der Waals surface area contributed by atoms with Crippen LogP contribution in [0.15, 0.2) is 22.6 Å². The number of rotatable bonds is 3. The number of carboxylic acid groups (broad SMARTS) is 1. The number of nitrogens with zero attached hydrogens (tertiary/aromatic N) is 1. The number of para-hydroxylation sites is 1. The van der Waals surface area contributed by atoms with Crippen molar-refractivity contribution in [3.63, 3.8) is 0 Å². The van der Waals surface area contributed by atoms with Gasteiger partial charge in [-0.05, 0) is 19.1 Å². The molecule has 1 amide bonds. The first-order chi connectivity index (χ1) is 9.40. The van der Waals surface area contributed by atoms with Gasteiger partial charge in [-0.2, -0.15) is 0 Å². The number of amides is 1. The fraction of sp³-hybridized carbons (Fsp3) is 0.154. The summed E-state index contributed by atoms with van der Waals surface area (Å²) in [6.45, 7) is 3.21. The number of aromatic hydroxyl groups is 1. The van der Waals surface area contributed by atoms with E-state index in [9.17, 15) is 14.7 Å². The third-order valence-corrected chi connectivity index (χ3v) is 2.62. The molecule has 2 aromatic rings. The lowest BCUT2D eigenvalue weighted by Gasteiger charge is -2.07. The summed E-state index contributed by atoms with van der Waals surface area (Å²) in [5.41, 5.74) is 0.102. The van der Waals surface area contributed by atoms with Gasteiger partial charge in [0, 0.05) is 6.92 Å². The van der Waals surface area contributed by atoms with Gasteiger partial charge in [0.15, 0.2) is 11.6 Å². The third-order valence-electron chi connectivity index (χ3n) is 2.62. The molecule has 0 spiro atoms. The summed E-state index contributed by atoms with van der Waals surface area (Å²) in [5.74, 6) is -2.05. The SMILES string of the molecule is Cc1nc(C)c(C(=O)Nc2cccc(C(=O)O)c2O)o1. The van der Waals surface area contributed by atoms with Crippen molar-refractivity contribution in [3.8, 4) is 5.75 Å². The van der Waals surface area contributed by atoms with Gasteiger partial charge in [0.2, 0.25) is 5.76 Å². The summed E-state index contributed by atoms with van der Waals surface area (Å²) >= 11 is 0. The number of hydrogen-bond donors (Lipinski definition) is 3. The van der Waals surface area contributed by atoms with Crippen LogP contribution >= 0.6 is 0 Å². The second kappa shape index (κ2) is 5.04. The summed E-state index contributed by atoms with van der Waals surface area (Å²) in [6, 6.07) is 4.03. The zero-order valence-electron chi connectivity index (χ0n) is 10.8. The molecule has 7 nitrogen and oxygen atoms in total. The number of carbonyl (C=O) groups is 2. The molecule has 1 heterocycles. The molecule has 0 aliphatic carbocycles. The second-order valence-electron chi connectivity index (χ2n) is 4.11. The quantitative estimate of drug-likeness (QED) is 0.738. The van der Waals surface area contributed by atoms with Crippen molar-refractivity contribution in [2.45, 2.75) is 13.8 Å². The first-order valence-electron chi connectivity index (χ1n) is 5.70. The van der Waals surface area contributed by atoms with E-state index in [1.165, 1.54) is 18.2 Å². The fourth-order valence-electron chi connectivity index (χ4n) is 1.74. The molecule has 3 N–H and O–H groups in total. The van der Waals surface area contributed by atoms with E-state index in [2.05, 4.69) is 10.3 Å². The van der Waals surface area contributed by atoms with Crippen LogP contribution in [0.4, 0.5) is 5.69 Å². The third kappa shape index (κ3) is 2.46. The van der Waals surface area contributed by atoms with Crippen molar-refractivity contribution in [2.75, 3.05) is 5.32 Å². The minimum absolute atomic E-state index is 0.0108. The Labute approximate surface area is 113 Å². The number of hydrogen-bond acceptors (Lipinski definition) is 5. The van der Waals surface area contributed by atoms with E-state index in [0.29, 0.717) is 11.6 Å². The molecular weight excluding hydrogens is 264 g/mol. The monoisotopic (exact) mass is 276 g/mol. The van der Waals surface area contributed by atoms with Crippen LogP contribution in [-0.4, -0.2) is 27.1 Å². The summed E-state index contributed by atoms with van der Waals surface area (Å²) in [5, 5.41) is 21.1. The van der Waals surface area contributed by atoms with Crippen LogP contribution in [0, 0.1) is 13.8 Å². The van der Waals surface area contributed by atoms with E-state index in [0.717, 1.165) is 0 Å². The molecule has 0 saturated heterocycles. The Morgan fingerprint density at radius 2 is 2.00 bits per heavy atom. The van der Waals surface area contributed by atoms with E-state index < -0.39 is 17.6 Å². The van der Waals surface area contributed by atoms with E-state index in [-0.39, 0.29) is 17.0 Å². The van der Waals surface area contributed by atoms with Gasteiger partial charge in [-0.1, -0.05) is 6.07 Å². The maximum absolute atomic E-state index is 12.0. The van der Waals surface area contributed by atoms with E-state index in [1.54, 1.807) is 13.8 Å². The number of carboxylic acids is 1. The van der Waals surface area contributed by atoms with E-state index >= 15 is 0 Å². The van der Waals surface area contributed by atoms with Gasteiger partial charge < -0.3 is 19.9 Å². The number of nitrogens with one attached hydrogen (secondary N) is 1. The maximum Gasteiger partial charge on any atom is 0.339 e. The number of aryl methyl sites for hydroxylation is 2. The Morgan fingerprint density at radius 1 is 1.30 bits per heavy atom. The molecule has 0 unspecified atom stereocenters. The second-order valence-corrected chi connectivity index (χ2v) is 4.11. The summed E-state index contributed by atoms with van der Waals surface area (Å²) in [7, 11) is 0. The number of phenols is 1. The van der Waals surface area contributed by atoms with Gasteiger partial charge in [0.1, 0.15) is 5.56 Å². The zero-order valence-corrected chi connectivity index (χ0v) is 10.8. The number of aromatic carboxylic acids is 1. The van der Waals surface area contributed by atoms with Gasteiger partial charge >= 0.3 is 5.97 Å². The molecule has 2 rings (SSSR count). The minimum atomic E-state index is -1.29. The number of oxazole rings is 1. The molecule has 104 valence electrons. The Hall–Kier alpha value is -2.83. The van der Waals surface area contributed by atoms with Crippen LogP contribution in [0.2, 0.25) is 0 Å². The van der Waals surface area contributed by atoms with Crippen LogP contribution in [-0.2, 0) is 0 Å². The number of anilines is 1. The normalized spacial score (nSPS) is 10.3. The highest BCUT2D eigenvalue weighted by Gasteiger charge is 2.19. The summed E-state index contributed by atoms with van der Waals surface area (Å²) in [6.07, 6.45) is 0. The summed E-state index contributed by atoms with van der Waals surface area (Å²) < 4.78 is 5.14. The standard InChI is InChI=1S/C13H12N2O5/c1-6-11(20-7(2)14-6)12(17)15-9-5-3-4-8(10(9)16)13(18)19/h3-5,16H,1-2H3,(H,15,17)(H,18,19). The molecule has 20 heavy (non-hydrogen) atoms. The van der Waals surface area contributed by atoms with E-state index in [1.807, 2.05) is 0 Å². The van der Waals surface area contributed by atoms with Crippen LogP contribution in [0.5, 0.6) is 5.75 Å². The maximum atomic E-state index is 12.0. The average molecular weight is 276 g/mol. The van der Waals surface area contributed by atoms with Gasteiger partial charge in [0.05, 0.1) is 11.4 Å². The topological polar surface area (TPSA) is 113 Å². The largest absolute Gasteiger partial charge is 0.505 e. The van der Waals surface area contributed by atoms with Gasteiger partial charge in [0.25, 0.3) is 5.91 Å². The first kappa shape index (κ1) is 13.6. The van der Waals surface area contributed by atoms with Crippen molar-refractivity contribution in [2.24, 2.45) is 0 Å². The van der Waals surface area contributed by atoms with Crippen LogP contribution in [0.3, 0.4) is 0 Å². The van der Waals surface area contributed by atoms with Crippen molar-refractivity contribution in [1.29, 1.82) is 0 Å². The highest BCUT2D eigenvalue weighted by atomic mass is 16.4. The van der Waals surface area contributed by atoms with Crippen LogP contribution in [0.1, 0.15) is 32.5 Å². The van der Waals surface area contributed by atoms with Crippen LogP contribution in [0.25, 0.3) is 0 Å². The van der Waals surface area contributed by atoms with Gasteiger partial charge in [-0.25, -0.2) is 9.78 Å². The molecule has 1 aromatic heterocycles. The first-order valence-corrected chi connectivity index (χ1v) is 5.70. The van der Waals surface area contributed by atoms with Crippen LogP contribution < -0.4 is 5.32 Å². The predicted octanol–water partition coefficient (Wildman–Crippen LogP) is 1.95. The van der Waals surface area contributed by atoms with Crippen molar-refractivity contribution < 1.29 is 24.2 Å². The molecule has 0 radical (unpaired) electrons. The van der Waals surface area contributed by atoms with E-state index in [4.69, 9.17) is 9.52 Å². The molecular formula is C13H12N2O5. The molecule has 0 aliphatic heterocycles. The van der Waals surface area contributed by atoms with Gasteiger partial charge in [-0.3, -0.25) is 4.79 Å². The molecule has 0 fully saturated rings. The Morgan fingerprint density at radius 3 is 2.55 bits per heavy atom. The predicted molar refractivity (Wildman–Crippen MR) is 69.0 cm³/mol. The number of aromatic nitrogens is 1. The fourth-order valence-corrected chi connectivity index (χ4v) is 1.74. The lowest BCUT2D eigenvalue weighted by Crippen LogP contribution is -2.13.